The van der Waals surface area contributed by atoms with Crippen LogP contribution in [-0.4, -0.2) is 21.1 Å². The number of aromatic nitrogens is 3. The van der Waals surface area contributed by atoms with Crippen LogP contribution in [-0.2, 0) is 11.4 Å². The fourth-order valence-electron chi connectivity index (χ4n) is 1.94. The Kier molecular flexibility index (Phi) is 3.35. The second-order valence-corrected chi connectivity index (χ2v) is 5.34. The van der Waals surface area contributed by atoms with E-state index >= 15 is 0 Å². The molecule has 0 radical (unpaired) electrons. The van der Waals surface area contributed by atoms with E-state index in [1.54, 1.807) is 4.68 Å². The number of aryl methyl sites for hydroxylation is 1. The van der Waals surface area contributed by atoms with Crippen molar-refractivity contribution in [3.8, 4) is 0 Å². The maximum atomic E-state index is 5.52. The summed E-state index contributed by atoms with van der Waals surface area (Å²) in [6.07, 6.45) is 3.91. The normalized spacial score (nSPS) is 18.2. The van der Waals surface area contributed by atoms with Crippen LogP contribution in [0.3, 0.4) is 0 Å². The lowest BCUT2D eigenvalue weighted by Crippen LogP contribution is -2.18. The topological polar surface area (TPSA) is 52.0 Å². The lowest BCUT2D eigenvalue weighted by Gasteiger charge is -2.06. The number of hydroxylamine groups is 1. The molecule has 1 N–H and O–H groups in total. The van der Waals surface area contributed by atoms with Gasteiger partial charge in [0.05, 0.1) is 17.9 Å². The molecule has 5 nitrogen and oxygen atoms in total. The van der Waals surface area contributed by atoms with Crippen molar-refractivity contribution in [1.82, 2.24) is 20.5 Å². The summed E-state index contributed by atoms with van der Waals surface area (Å²) < 4.78 is 2.84. The largest absolute Gasteiger partial charge is 0.267 e. The predicted octanol–water partition coefficient (Wildman–Crippen LogP) is 2.29. The molecule has 1 aromatic carbocycles. The summed E-state index contributed by atoms with van der Waals surface area (Å²) in [4.78, 5) is 5.52. The first kappa shape index (κ1) is 12.4. The van der Waals surface area contributed by atoms with E-state index < -0.39 is 0 Å². The van der Waals surface area contributed by atoms with Gasteiger partial charge in [-0.25, -0.2) is 4.68 Å². The standard InChI is InChI=1S/C13H13BrN4O/c1-9-7-18(17-15-9)8-12-6-13(16-19-12)10-2-4-11(14)5-3-10/h2-7,12,16H,8H2,1H3. The first-order valence-corrected chi connectivity index (χ1v) is 6.76. The molecule has 0 amide bonds. The van der Waals surface area contributed by atoms with E-state index in [9.17, 15) is 0 Å². The molecule has 6 heteroatoms. The molecule has 1 aliphatic heterocycles. The second-order valence-electron chi connectivity index (χ2n) is 4.43. The van der Waals surface area contributed by atoms with Crippen molar-refractivity contribution in [2.24, 2.45) is 0 Å². The van der Waals surface area contributed by atoms with Gasteiger partial charge >= 0.3 is 0 Å². The molecule has 2 heterocycles. The van der Waals surface area contributed by atoms with Gasteiger partial charge in [0, 0.05) is 10.7 Å². The van der Waals surface area contributed by atoms with Gasteiger partial charge in [-0.1, -0.05) is 33.3 Å². The maximum absolute atomic E-state index is 5.52. The highest BCUT2D eigenvalue weighted by atomic mass is 79.9. The molecule has 1 aliphatic rings. The molecule has 1 unspecified atom stereocenters. The lowest BCUT2D eigenvalue weighted by molar-refractivity contribution is 0.0395. The summed E-state index contributed by atoms with van der Waals surface area (Å²) in [6.45, 7) is 2.56. The van der Waals surface area contributed by atoms with E-state index in [2.05, 4.69) is 37.8 Å². The molecular formula is C13H13BrN4O. The predicted molar refractivity (Wildman–Crippen MR) is 74.9 cm³/mol. The summed E-state index contributed by atoms with van der Waals surface area (Å²) >= 11 is 3.42. The Morgan fingerprint density at radius 1 is 1.37 bits per heavy atom. The summed E-state index contributed by atoms with van der Waals surface area (Å²) in [5.41, 5.74) is 5.94. The minimum atomic E-state index is -0.0419. The summed E-state index contributed by atoms with van der Waals surface area (Å²) in [6, 6.07) is 8.08. The Bertz CT molecular complexity index is 605. The van der Waals surface area contributed by atoms with Gasteiger partial charge in [-0.3, -0.25) is 10.3 Å². The van der Waals surface area contributed by atoms with Gasteiger partial charge in [-0.05, 0) is 30.7 Å². The highest BCUT2D eigenvalue weighted by molar-refractivity contribution is 9.10. The molecule has 0 fully saturated rings. The van der Waals surface area contributed by atoms with Gasteiger partial charge in [-0.2, -0.15) is 0 Å². The molecule has 0 saturated carbocycles. The first-order valence-electron chi connectivity index (χ1n) is 5.97. The van der Waals surface area contributed by atoms with Crippen molar-refractivity contribution in [3.05, 3.63) is 52.3 Å². The maximum Gasteiger partial charge on any atom is 0.125 e. The monoisotopic (exact) mass is 320 g/mol. The van der Waals surface area contributed by atoms with Gasteiger partial charge in [0.2, 0.25) is 0 Å². The Balaban J connectivity index is 1.72. The lowest BCUT2D eigenvalue weighted by atomic mass is 10.1. The highest BCUT2D eigenvalue weighted by Crippen LogP contribution is 2.21. The van der Waals surface area contributed by atoms with E-state index in [4.69, 9.17) is 4.84 Å². The van der Waals surface area contributed by atoms with E-state index in [0.29, 0.717) is 6.54 Å². The summed E-state index contributed by atoms with van der Waals surface area (Å²) in [5.74, 6) is 0. The van der Waals surface area contributed by atoms with E-state index in [1.165, 1.54) is 0 Å². The number of hydrogen-bond acceptors (Lipinski definition) is 4. The Morgan fingerprint density at radius 3 is 2.84 bits per heavy atom. The zero-order valence-electron chi connectivity index (χ0n) is 10.4. The van der Waals surface area contributed by atoms with Crippen molar-refractivity contribution in [2.75, 3.05) is 0 Å². The van der Waals surface area contributed by atoms with E-state index in [0.717, 1.165) is 21.4 Å². The smallest absolute Gasteiger partial charge is 0.125 e. The van der Waals surface area contributed by atoms with Crippen molar-refractivity contribution in [1.29, 1.82) is 0 Å². The molecule has 0 spiro atoms. The molecule has 2 aromatic rings. The highest BCUT2D eigenvalue weighted by Gasteiger charge is 2.18. The van der Waals surface area contributed by atoms with Crippen molar-refractivity contribution in [3.63, 3.8) is 0 Å². The van der Waals surface area contributed by atoms with Gasteiger partial charge in [-0.15, -0.1) is 5.10 Å². The fraction of sp³-hybridized carbons (Fsp3) is 0.231. The van der Waals surface area contributed by atoms with Crippen LogP contribution in [0.4, 0.5) is 0 Å². The van der Waals surface area contributed by atoms with Crippen LogP contribution in [0.15, 0.2) is 41.0 Å². The van der Waals surface area contributed by atoms with Crippen LogP contribution >= 0.6 is 15.9 Å². The van der Waals surface area contributed by atoms with Gasteiger partial charge in [0.1, 0.15) is 6.10 Å². The Labute approximate surface area is 119 Å². The third-order valence-electron chi connectivity index (χ3n) is 2.85. The van der Waals surface area contributed by atoms with Crippen LogP contribution in [0, 0.1) is 6.92 Å². The Hall–Kier alpha value is -1.66. The zero-order chi connectivity index (χ0) is 13.2. The average molecular weight is 321 g/mol. The SMILES string of the molecule is Cc1cn(CC2C=C(c3ccc(Br)cc3)NO2)nn1. The molecule has 0 saturated heterocycles. The number of nitrogens with zero attached hydrogens (tertiary/aromatic N) is 3. The average Bonchev–Trinajstić information content (AvgIpc) is 3.00. The third kappa shape index (κ3) is 2.85. The van der Waals surface area contributed by atoms with Crippen molar-refractivity contribution >= 4 is 21.6 Å². The third-order valence-corrected chi connectivity index (χ3v) is 3.38. The molecule has 1 aromatic heterocycles. The molecule has 19 heavy (non-hydrogen) atoms. The fourth-order valence-corrected chi connectivity index (χ4v) is 2.20. The molecule has 3 rings (SSSR count). The quantitative estimate of drug-likeness (QED) is 0.942. The van der Waals surface area contributed by atoms with Gasteiger partial charge < -0.3 is 0 Å². The van der Waals surface area contributed by atoms with Crippen LogP contribution in [0.2, 0.25) is 0 Å². The number of nitrogens with one attached hydrogen (secondary N) is 1. The minimum absolute atomic E-state index is 0.0419. The van der Waals surface area contributed by atoms with Crippen molar-refractivity contribution in [2.45, 2.75) is 19.6 Å². The Morgan fingerprint density at radius 2 is 2.16 bits per heavy atom. The number of benzene rings is 1. The number of halogens is 1. The summed E-state index contributed by atoms with van der Waals surface area (Å²) in [7, 11) is 0. The van der Waals surface area contributed by atoms with Crippen LogP contribution in [0.1, 0.15) is 11.3 Å². The van der Waals surface area contributed by atoms with Gasteiger partial charge in [0.25, 0.3) is 0 Å². The molecule has 0 aliphatic carbocycles. The van der Waals surface area contributed by atoms with Crippen molar-refractivity contribution < 1.29 is 4.84 Å². The minimum Gasteiger partial charge on any atom is -0.267 e. The number of hydrogen-bond donors (Lipinski definition) is 1. The van der Waals surface area contributed by atoms with Crippen LogP contribution in [0.5, 0.6) is 0 Å². The molecular weight excluding hydrogens is 308 g/mol. The second kappa shape index (κ2) is 5.14. The molecule has 1 atom stereocenters. The van der Waals surface area contributed by atoms with E-state index in [-0.39, 0.29) is 6.10 Å². The van der Waals surface area contributed by atoms with Crippen LogP contribution < -0.4 is 5.48 Å². The first-order chi connectivity index (χ1) is 9.20. The van der Waals surface area contributed by atoms with E-state index in [1.807, 2.05) is 37.4 Å². The zero-order valence-corrected chi connectivity index (χ0v) is 12.0. The molecule has 98 valence electrons. The summed E-state index contributed by atoms with van der Waals surface area (Å²) in [5, 5.41) is 7.97. The number of rotatable bonds is 3. The molecule has 0 bridgehead atoms. The van der Waals surface area contributed by atoms with Gasteiger partial charge in [0.15, 0.2) is 0 Å². The van der Waals surface area contributed by atoms with Crippen LogP contribution in [0.25, 0.3) is 5.70 Å².